The molecule has 0 spiro atoms. The van der Waals surface area contributed by atoms with Crippen LogP contribution < -0.4 is 0 Å². The van der Waals surface area contributed by atoms with Gasteiger partial charge in [-0.25, -0.2) is 14.5 Å². The van der Waals surface area contributed by atoms with Crippen molar-refractivity contribution in [3.05, 3.63) is 218 Å². The minimum atomic E-state index is 0.673. The largest absolute Gasteiger partial charge is 0.231 e. The quantitative estimate of drug-likeness (QED) is 0.158. The Morgan fingerprint density at radius 1 is 0.311 bits per heavy atom. The molecule has 0 unspecified atom stereocenters. The molecule has 0 aliphatic heterocycles. The molecular formula is C57H36N4. The number of hydrogen-bond acceptors (Lipinski definition) is 3. The van der Waals surface area contributed by atoms with E-state index in [1.165, 1.54) is 37.7 Å². The molecule has 0 atom stereocenters. The first-order chi connectivity index (χ1) is 30.2. The first-order valence-electron chi connectivity index (χ1n) is 20.7. The second kappa shape index (κ2) is 14.3. The summed E-state index contributed by atoms with van der Waals surface area (Å²) in [6, 6.07) is 77.3. The molecule has 4 nitrogen and oxygen atoms in total. The normalized spacial score (nSPS) is 11.6. The lowest BCUT2D eigenvalue weighted by atomic mass is 9.92. The molecule has 3 aromatic heterocycles. The van der Waals surface area contributed by atoms with Crippen LogP contribution in [-0.4, -0.2) is 19.6 Å². The summed E-state index contributed by atoms with van der Waals surface area (Å²) in [7, 11) is 0. The van der Waals surface area contributed by atoms with Crippen LogP contribution in [0.1, 0.15) is 0 Å². The zero-order chi connectivity index (χ0) is 40.3. The van der Waals surface area contributed by atoms with Crippen LogP contribution in [0, 0.1) is 0 Å². The van der Waals surface area contributed by atoms with Crippen molar-refractivity contribution < 1.29 is 0 Å². The third kappa shape index (κ3) is 5.88. The van der Waals surface area contributed by atoms with Crippen molar-refractivity contribution in [2.45, 2.75) is 0 Å². The van der Waals surface area contributed by atoms with Crippen molar-refractivity contribution in [1.82, 2.24) is 19.6 Å². The van der Waals surface area contributed by atoms with Crippen LogP contribution in [0.4, 0.5) is 0 Å². The Labute approximate surface area is 352 Å². The first kappa shape index (κ1) is 34.8. The Morgan fingerprint density at radius 3 is 1.43 bits per heavy atom. The van der Waals surface area contributed by atoms with Gasteiger partial charge in [0.05, 0.1) is 22.6 Å². The van der Waals surface area contributed by atoms with Crippen molar-refractivity contribution in [3.8, 4) is 67.5 Å². The zero-order valence-electron chi connectivity index (χ0n) is 33.1. The van der Waals surface area contributed by atoms with E-state index >= 15 is 0 Å². The zero-order valence-corrected chi connectivity index (χ0v) is 33.1. The summed E-state index contributed by atoms with van der Waals surface area (Å²) < 4.78 is 2.14. The van der Waals surface area contributed by atoms with Gasteiger partial charge in [0.15, 0.2) is 5.82 Å². The van der Waals surface area contributed by atoms with Gasteiger partial charge in [0.25, 0.3) is 0 Å². The highest BCUT2D eigenvalue weighted by molar-refractivity contribution is 6.25. The summed E-state index contributed by atoms with van der Waals surface area (Å²) in [6.45, 7) is 0. The Kier molecular flexibility index (Phi) is 8.13. The SMILES string of the molecule is c1ccc(-c2cc(-c3ccc4c5ccccc5c5ccccc5c4c3)nc(-c3ccc(-c4c(-c5ccccc5)nn5c(-c6ccccc6)cc6ccccc6c45)cc3)n2)cc1. The van der Waals surface area contributed by atoms with Crippen molar-refractivity contribution >= 4 is 48.6 Å². The van der Waals surface area contributed by atoms with E-state index in [1.54, 1.807) is 0 Å². The molecular weight excluding hydrogens is 741 g/mol. The highest BCUT2D eigenvalue weighted by Gasteiger charge is 2.22. The molecule has 0 bridgehead atoms. The summed E-state index contributed by atoms with van der Waals surface area (Å²) in [4.78, 5) is 10.5. The van der Waals surface area contributed by atoms with Gasteiger partial charge in [0, 0.05) is 38.8 Å². The van der Waals surface area contributed by atoms with Crippen LogP contribution >= 0.6 is 0 Å². The predicted molar refractivity (Wildman–Crippen MR) is 253 cm³/mol. The number of pyridine rings is 1. The number of fused-ring (bicyclic) bond motifs is 9. The average Bonchev–Trinajstić information content (AvgIpc) is 3.76. The van der Waals surface area contributed by atoms with Crippen LogP contribution in [0.25, 0.3) is 116 Å². The molecule has 284 valence electrons. The minimum absolute atomic E-state index is 0.673. The Hall–Kier alpha value is -8.21. The molecule has 0 fully saturated rings. The first-order valence-corrected chi connectivity index (χ1v) is 20.7. The summed E-state index contributed by atoms with van der Waals surface area (Å²) in [6.07, 6.45) is 0. The van der Waals surface area contributed by atoms with Gasteiger partial charge in [-0.15, -0.1) is 0 Å². The van der Waals surface area contributed by atoms with E-state index in [1.807, 2.05) is 6.07 Å². The van der Waals surface area contributed by atoms with Gasteiger partial charge in [-0.05, 0) is 61.5 Å². The maximum absolute atomic E-state index is 5.41. The van der Waals surface area contributed by atoms with Crippen molar-refractivity contribution in [2.24, 2.45) is 0 Å². The maximum Gasteiger partial charge on any atom is 0.160 e. The van der Waals surface area contributed by atoms with Crippen LogP contribution in [-0.2, 0) is 0 Å². The van der Waals surface area contributed by atoms with E-state index in [-0.39, 0.29) is 0 Å². The summed E-state index contributed by atoms with van der Waals surface area (Å²) in [5.41, 5.74) is 12.2. The lowest BCUT2D eigenvalue weighted by Crippen LogP contribution is -1.96. The predicted octanol–water partition coefficient (Wildman–Crippen LogP) is 14.7. The van der Waals surface area contributed by atoms with Crippen molar-refractivity contribution in [1.29, 1.82) is 0 Å². The molecule has 0 saturated heterocycles. The fourth-order valence-corrected chi connectivity index (χ4v) is 9.11. The molecule has 12 aromatic rings. The van der Waals surface area contributed by atoms with E-state index in [0.717, 1.165) is 72.6 Å². The van der Waals surface area contributed by atoms with E-state index in [9.17, 15) is 0 Å². The Balaban J connectivity index is 1.04. The third-order valence-electron chi connectivity index (χ3n) is 12.0. The number of benzene rings is 9. The third-order valence-corrected chi connectivity index (χ3v) is 12.0. The van der Waals surface area contributed by atoms with Crippen molar-refractivity contribution in [2.75, 3.05) is 0 Å². The van der Waals surface area contributed by atoms with E-state index in [4.69, 9.17) is 15.1 Å². The molecule has 4 heteroatoms. The Bertz CT molecular complexity index is 3580. The minimum Gasteiger partial charge on any atom is -0.231 e. The molecule has 61 heavy (non-hydrogen) atoms. The van der Waals surface area contributed by atoms with Crippen LogP contribution in [0.15, 0.2) is 218 Å². The van der Waals surface area contributed by atoms with Gasteiger partial charge in [0.2, 0.25) is 0 Å². The lowest BCUT2D eigenvalue weighted by molar-refractivity contribution is 0.979. The number of hydrogen-bond donors (Lipinski definition) is 0. The van der Waals surface area contributed by atoms with Crippen molar-refractivity contribution in [3.63, 3.8) is 0 Å². The maximum atomic E-state index is 5.41. The highest BCUT2D eigenvalue weighted by atomic mass is 15.2. The fourth-order valence-electron chi connectivity index (χ4n) is 9.11. The molecule has 3 heterocycles. The molecule has 0 saturated carbocycles. The topological polar surface area (TPSA) is 43.1 Å². The summed E-state index contributed by atoms with van der Waals surface area (Å²) >= 11 is 0. The van der Waals surface area contributed by atoms with Gasteiger partial charge < -0.3 is 0 Å². The van der Waals surface area contributed by atoms with Gasteiger partial charge in [0.1, 0.15) is 5.69 Å². The molecule has 0 aliphatic rings. The average molecular weight is 777 g/mol. The van der Waals surface area contributed by atoms with Crippen LogP contribution in [0.5, 0.6) is 0 Å². The second-order valence-corrected chi connectivity index (χ2v) is 15.6. The van der Waals surface area contributed by atoms with Gasteiger partial charge in [-0.1, -0.05) is 200 Å². The van der Waals surface area contributed by atoms with E-state index in [0.29, 0.717) is 5.82 Å². The van der Waals surface area contributed by atoms with Gasteiger partial charge in [-0.2, -0.15) is 5.10 Å². The molecule has 12 rings (SSSR count). The molecule has 9 aromatic carbocycles. The van der Waals surface area contributed by atoms with Gasteiger partial charge >= 0.3 is 0 Å². The smallest absolute Gasteiger partial charge is 0.160 e. The molecule has 0 radical (unpaired) electrons. The monoisotopic (exact) mass is 776 g/mol. The van der Waals surface area contributed by atoms with E-state index < -0.39 is 0 Å². The summed E-state index contributed by atoms with van der Waals surface area (Å²) in [5.74, 6) is 0.673. The Morgan fingerprint density at radius 2 is 0.787 bits per heavy atom. The van der Waals surface area contributed by atoms with E-state index in [2.05, 4.69) is 217 Å². The number of rotatable bonds is 6. The molecule has 0 N–H and O–H groups in total. The van der Waals surface area contributed by atoms with Crippen LogP contribution in [0.3, 0.4) is 0 Å². The summed E-state index contributed by atoms with van der Waals surface area (Å²) in [5, 5.41) is 15.2. The molecule has 0 aliphatic carbocycles. The number of aromatic nitrogens is 4. The van der Waals surface area contributed by atoms with Gasteiger partial charge in [-0.3, -0.25) is 0 Å². The number of nitrogens with zero attached hydrogens (tertiary/aromatic N) is 4. The lowest BCUT2D eigenvalue weighted by Gasteiger charge is -2.13. The standard InChI is InChI=1S/C57H36N4/c1-4-16-37(17-5-1)51-36-52(43-32-33-49-47-26-13-12-24-45(47)46-25-14-15-27-48(46)50(49)34-43)59-57(58-51)41-30-28-39(29-31-41)54-55(40-20-8-3-9-21-40)60-61-53(38-18-6-2-7-19-38)35-42-22-10-11-23-44(42)56(54)61/h1-36H. The van der Waals surface area contributed by atoms with Crippen LogP contribution in [0.2, 0.25) is 0 Å². The fraction of sp³-hybridized carbons (Fsp3) is 0. The molecule has 0 amide bonds. The highest BCUT2D eigenvalue weighted by Crippen LogP contribution is 2.42. The second-order valence-electron chi connectivity index (χ2n) is 15.6.